The quantitative estimate of drug-likeness (QED) is 0.578. The Balaban J connectivity index is 2.04. The van der Waals surface area contributed by atoms with Crippen LogP contribution in [0.5, 0.6) is 0 Å². The average molecular weight is 392 g/mol. The SMILES string of the molecule is CC(C)C(NC(=O)c1ccc(Cl)cc1Cl)C(=O)NN=Cc1ccccc1. The molecule has 2 aromatic rings. The molecule has 2 aromatic carbocycles. The molecule has 0 fully saturated rings. The molecule has 0 aromatic heterocycles. The Hall–Kier alpha value is -2.37. The van der Waals surface area contributed by atoms with Crippen LogP contribution in [0.25, 0.3) is 0 Å². The van der Waals surface area contributed by atoms with Crippen molar-refractivity contribution in [2.24, 2.45) is 11.0 Å². The zero-order chi connectivity index (χ0) is 19.1. The van der Waals surface area contributed by atoms with Gasteiger partial charge in [0.25, 0.3) is 11.8 Å². The molecule has 2 N–H and O–H groups in total. The Labute approximate surface area is 162 Å². The fraction of sp³-hybridized carbons (Fsp3) is 0.211. The number of carbonyl (C=O) groups is 2. The van der Waals surface area contributed by atoms with Crippen LogP contribution < -0.4 is 10.7 Å². The minimum Gasteiger partial charge on any atom is -0.340 e. The molecule has 2 rings (SSSR count). The summed E-state index contributed by atoms with van der Waals surface area (Å²) in [7, 11) is 0. The van der Waals surface area contributed by atoms with Gasteiger partial charge in [0.05, 0.1) is 16.8 Å². The van der Waals surface area contributed by atoms with Crippen molar-refractivity contribution >= 4 is 41.2 Å². The highest BCUT2D eigenvalue weighted by molar-refractivity contribution is 6.36. The highest BCUT2D eigenvalue weighted by Crippen LogP contribution is 2.21. The van der Waals surface area contributed by atoms with Crippen LogP contribution in [0.1, 0.15) is 29.8 Å². The lowest BCUT2D eigenvalue weighted by molar-refractivity contribution is -0.123. The molecule has 1 atom stereocenters. The summed E-state index contributed by atoms with van der Waals surface area (Å²) in [5, 5.41) is 7.28. The fourth-order valence-corrected chi connectivity index (χ4v) is 2.70. The summed E-state index contributed by atoms with van der Waals surface area (Å²) in [6.45, 7) is 3.66. The van der Waals surface area contributed by atoms with Crippen LogP contribution >= 0.6 is 23.2 Å². The first-order valence-corrected chi connectivity index (χ1v) is 8.78. The minimum absolute atomic E-state index is 0.142. The van der Waals surface area contributed by atoms with Gasteiger partial charge in [-0.2, -0.15) is 5.10 Å². The van der Waals surface area contributed by atoms with E-state index in [1.807, 2.05) is 44.2 Å². The number of hydrogen-bond donors (Lipinski definition) is 2. The standard InChI is InChI=1S/C19H19Cl2N3O2/c1-12(2)17(19(26)24-22-11-13-6-4-3-5-7-13)23-18(25)15-9-8-14(20)10-16(15)21/h3-12,17H,1-2H3,(H,23,25)(H,24,26). The average Bonchev–Trinajstić information content (AvgIpc) is 2.60. The molecule has 0 radical (unpaired) electrons. The van der Waals surface area contributed by atoms with Gasteiger partial charge in [-0.25, -0.2) is 5.43 Å². The molecule has 0 saturated carbocycles. The monoisotopic (exact) mass is 391 g/mol. The first kappa shape index (κ1) is 19.9. The highest BCUT2D eigenvalue weighted by Gasteiger charge is 2.25. The Morgan fingerprint density at radius 3 is 2.38 bits per heavy atom. The van der Waals surface area contributed by atoms with Crippen molar-refractivity contribution in [2.75, 3.05) is 0 Å². The van der Waals surface area contributed by atoms with Gasteiger partial charge in [-0.05, 0) is 29.7 Å². The maximum Gasteiger partial charge on any atom is 0.262 e. The lowest BCUT2D eigenvalue weighted by Crippen LogP contribution is -2.48. The van der Waals surface area contributed by atoms with Gasteiger partial charge in [0, 0.05) is 5.02 Å². The lowest BCUT2D eigenvalue weighted by atomic mass is 10.0. The van der Waals surface area contributed by atoms with E-state index < -0.39 is 17.9 Å². The van der Waals surface area contributed by atoms with E-state index in [1.54, 1.807) is 6.07 Å². The van der Waals surface area contributed by atoms with Gasteiger partial charge in [0.1, 0.15) is 6.04 Å². The topological polar surface area (TPSA) is 70.6 Å². The minimum atomic E-state index is -0.762. The Morgan fingerprint density at radius 1 is 1.08 bits per heavy atom. The molecule has 0 bridgehead atoms. The second-order valence-electron chi connectivity index (χ2n) is 5.96. The smallest absolute Gasteiger partial charge is 0.262 e. The maximum atomic E-state index is 12.4. The summed E-state index contributed by atoms with van der Waals surface area (Å²) < 4.78 is 0. The van der Waals surface area contributed by atoms with E-state index in [9.17, 15) is 9.59 Å². The van der Waals surface area contributed by atoms with Gasteiger partial charge < -0.3 is 5.32 Å². The molecule has 136 valence electrons. The third-order valence-corrected chi connectivity index (χ3v) is 4.15. The van der Waals surface area contributed by atoms with Crippen molar-refractivity contribution in [3.05, 3.63) is 69.7 Å². The molecule has 0 saturated heterocycles. The fourth-order valence-electron chi connectivity index (χ4n) is 2.21. The molecule has 7 heteroatoms. The van der Waals surface area contributed by atoms with Gasteiger partial charge in [-0.3, -0.25) is 9.59 Å². The van der Waals surface area contributed by atoms with Crippen LogP contribution in [0, 0.1) is 5.92 Å². The molecular formula is C19H19Cl2N3O2. The van der Waals surface area contributed by atoms with E-state index in [1.165, 1.54) is 18.3 Å². The van der Waals surface area contributed by atoms with Crippen molar-refractivity contribution in [3.63, 3.8) is 0 Å². The second-order valence-corrected chi connectivity index (χ2v) is 6.81. The van der Waals surface area contributed by atoms with Crippen molar-refractivity contribution in [1.29, 1.82) is 0 Å². The highest BCUT2D eigenvalue weighted by atomic mass is 35.5. The molecule has 0 spiro atoms. The van der Waals surface area contributed by atoms with E-state index >= 15 is 0 Å². The van der Waals surface area contributed by atoms with E-state index in [2.05, 4.69) is 15.8 Å². The maximum absolute atomic E-state index is 12.4. The number of nitrogens with one attached hydrogen (secondary N) is 2. The van der Waals surface area contributed by atoms with Crippen molar-refractivity contribution in [2.45, 2.75) is 19.9 Å². The van der Waals surface area contributed by atoms with E-state index in [0.29, 0.717) is 5.02 Å². The number of hydrazone groups is 1. The van der Waals surface area contributed by atoms with Gasteiger partial charge >= 0.3 is 0 Å². The molecule has 0 aliphatic carbocycles. The number of rotatable bonds is 6. The van der Waals surface area contributed by atoms with Gasteiger partial charge in [-0.15, -0.1) is 0 Å². The molecule has 1 unspecified atom stereocenters. The first-order valence-electron chi connectivity index (χ1n) is 8.02. The summed E-state index contributed by atoms with van der Waals surface area (Å²) in [4.78, 5) is 24.8. The molecule has 26 heavy (non-hydrogen) atoms. The van der Waals surface area contributed by atoms with Gasteiger partial charge in [-0.1, -0.05) is 67.4 Å². The Bertz CT molecular complexity index is 808. The van der Waals surface area contributed by atoms with Crippen LogP contribution in [0.15, 0.2) is 53.6 Å². The third kappa shape index (κ3) is 5.58. The second kappa shape index (κ2) is 9.36. The molecule has 0 aliphatic rings. The summed E-state index contributed by atoms with van der Waals surface area (Å²) in [6.07, 6.45) is 1.53. The van der Waals surface area contributed by atoms with Crippen LogP contribution in [-0.2, 0) is 4.79 Å². The molecule has 0 heterocycles. The third-order valence-electron chi connectivity index (χ3n) is 3.60. The zero-order valence-corrected chi connectivity index (χ0v) is 15.9. The number of hydrogen-bond acceptors (Lipinski definition) is 3. The number of benzene rings is 2. The predicted octanol–water partition coefficient (Wildman–Crippen LogP) is 3.90. The van der Waals surface area contributed by atoms with Gasteiger partial charge in [0.15, 0.2) is 0 Å². The number of amides is 2. The molecule has 0 aliphatic heterocycles. The van der Waals surface area contributed by atoms with Gasteiger partial charge in [0.2, 0.25) is 0 Å². The molecule has 2 amide bonds. The number of halogens is 2. The zero-order valence-electron chi connectivity index (χ0n) is 14.4. The number of nitrogens with zero attached hydrogens (tertiary/aromatic N) is 1. The Kier molecular flexibility index (Phi) is 7.18. The van der Waals surface area contributed by atoms with Crippen molar-refractivity contribution in [1.82, 2.24) is 10.7 Å². The van der Waals surface area contributed by atoms with E-state index in [0.717, 1.165) is 5.56 Å². The summed E-state index contributed by atoms with van der Waals surface area (Å²) in [5.41, 5.74) is 3.56. The first-order chi connectivity index (χ1) is 12.4. The van der Waals surface area contributed by atoms with Crippen molar-refractivity contribution in [3.8, 4) is 0 Å². The lowest BCUT2D eigenvalue weighted by Gasteiger charge is -2.20. The van der Waals surface area contributed by atoms with Crippen LogP contribution in [0.2, 0.25) is 10.0 Å². The van der Waals surface area contributed by atoms with E-state index in [-0.39, 0.29) is 16.5 Å². The van der Waals surface area contributed by atoms with E-state index in [4.69, 9.17) is 23.2 Å². The molecular weight excluding hydrogens is 373 g/mol. The summed E-state index contributed by atoms with van der Waals surface area (Å²) >= 11 is 11.9. The molecule has 5 nitrogen and oxygen atoms in total. The summed E-state index contributed by atoms with van der Waals surface area (Å²) in [5.74, 6) is -1.00. The van der Waals surface area contributed by atoms with Crippen LogP contribution in [0.3, 0.4) is 0 Å². The van der Waals surface area contributed by atoms with Crippen molar-refractivity contribution < 1.29 is 9.59 Å². The normalized spacial score (nSPS) is 12.2. The largest absolute Gasteiger partial charge is 0.340 e. The number of carbonyl (C=O) groups excluding carboxylic acids is 2. The van der Waals surface area contributed by atoms with Crippen LogP contribution in [0.4, 0.5) is 0 Å². The summed E-state index contributed by atoms with van der Waals surface area (Å²) in [6, 6.07) is 13.2. The van der Waals surface area contributed by atoms with Crippen LogP contribution in [-0.4, -0.2) is 24.1 Å². The Morgan fingerprint density at radius 2 is 1.77 bits per heavy atom. The predicted molar refractivity (Wildman–Crippen MR) is 105 cm³/mol.